The molecule has 1 fully saturated rings. The van der Waals surface area contributed by atoms with Gasteiger partial charge in [-0.3, -0.25) is 0 Å². The smallest absolute Gasteiger partial charge is 0.330 e. The number of carbonyl (C=O) groups is 2. The van der Waals surface area contributed by atoms with Crippen LogP contribution < -0.4 is 9.47 Å². The van der Waals surface area contributed by atoms with Crippen LogP contribution in [0.15, 0.2) is 43.5 Å². The molecule has 4 unspecified atom stereocenters. The lowest BCUT2D eigenvalue weighted by Crippen LogP contribution is -2.25. The number of carbonyl (C=O) groups excluding carboxylic acids is 2. The molecule has 6 heteroatoms. The van der Waals surface area contributed by atoms with E-state index in [1.165, 1.54) is 28.8 Å². The topological polar surface area (TPSA) is 71.1 Å². The van der Waals surface area contributed by atoms with Gasteiger partial charge in [0.2, 0.25) is 0 Å². The van der Waals surface area contributed by atoms with Crippen LogP contribution in [0.1, 0.15) is 81.4 Å². The molecule has 0 spiro atoms. The summed E-state index contributed by atoms with van der Waals surface area (Å²) in [5.41, 5.74) is 3.65. The van der Waals surface area contributed by atoms with Gasteiger partial charge in [0, 0.05) is 34.1 Å². The predicted octanol–water partition coefficient (Wildman–Crippen LogP) is 6.54. The van der Waals surface area contributed by atoms with Gasteiger partial charge in [0.25, 0.3) is 0 Å². The van der Waals surface area contributed by atoms with E-state index in [1.807, 2.05) is 13.8 Å². The molecule has 0 saturated heterocycles. The fourth-order valence-corrected chi connectivity index (χ4v) is 5.75. The number of benzene rings is 2. The summed E-state index contributed by atoms with van der Waals surface area (Å²) in [6.07, 6.45) is 7.14. The van der Waals surface area contributed by atoms with Gasteiger partial charge in [-0.1, -0.05) is 52.1 Å². The predicted molar refractivity (Wildman–Crippen MR) is 144 cm³/mol. The summed E-state index contributed by atoms with van der Waals surface area (Å²) in [7, 11) is 0. The lowest BCUT2D eigenvalue weighted by Gasteiger charge is -2.28. The Labute approximate surface area is 219 Å². The van der Waals surface area contributed by atoms with Gasteiger partial charge in [-0.2, -0.15) is 0 Å². The largest absolute Gasteiger partial charge is 0.489 e. The normalized spacial score (nSPS) is 19.1. The first-order valence-corrected chi connectivity index (χ1v) is 13.5. The minimum absolute atomic E-state index is 0.279. The van der Waals surface area contributed by atoms with Crippen molar-refractivity contribution in [1.82, 2.24) is 0 Å². The van der Waals surface area contributed by atoms with Crippen molar-refractivity contribution in [1.29, 1.82) is 0 Å². The van der Waals surface area contributed by atoms with Crippen LogP contribution in [0.5, 0.6) is 11.5 Å². The van der Waals surface area contributed by atoms with Gasteiger partial charge >= 0.3 is 11.9 Å². The van der Waals surface area contributed by atoms with E-state index in [0.717, 1.165) is 48.0 Å². The first-order valence-electron chi connectivity index (χ1n) is 13.5. The maximum Gasteiger partial charge on any atom is 0.330 e. The van der Waals surface area contributed by atoms with Crippen molar-refractivity contribution in [3.8, 4) is 11.5 Å². The maximum atomic E-state index is 11.8. The maximum absolute atomic E-state index is 11.8. The van der Waals surface area contributed by atoms with Crippen LogP contribution in [0.4, 0.5) is 0 Å². The van der Waals surface area contributed by atoms with Gasteiger partial charge in [-0.25, -0.2) is 9.59 Å². The summed E-state index contributed by atoms with van der Waals surface area (Å²) < 4.78 is 24.1. The quantitative estimate of drug-likeness (QED) is 0.227. The lowest BCUT2D eigenvalue weighted by molar-refractivity contribution is -0.145. The standard InChI is InChI=1S/C31H38O6/c1-6-19-12-11-13-24-27(19)31(35-18-23(8-3)37-26(33)10-5)29-21-15-14-20(16-21)28(29)30(24)34-17-22(7-2)36-25(32)9-4/h9-13,20-23H,4-8,14-18H2,1-3H3. The van der Waals surface area contributed by atoms with Crippen LogP contribution in [-0.4, -0.2) is 37.4 Å². The number of rotatable bonds is 13. The molecule has 0 heterocycles. The van der Waals surface area contributed by atoms with Crippen LogP contribution in [0.3, 0.4) is 0 Å². The summed E-state index contributed by atoms with van der Waals surface area (Å²) in [4.78, 5) is 23.6. The molecular formula is C31H38O6. The molecule has 2 bridgehead atoms. The molecule has 198 valence electrons. The number of ether oxygens (including phenoxy) is 4. The first kappa shape index (κ1) is 26.8. The van der Waals surface area contributed by atoms with Crippen molar-refractivity contribution in [3.63, 3.8) is 0 Å². The third-order valence-corrected chi connectivity index (χ3v) is 7.67. The molecule has 0 N–H and O–H groups in total. The highest BCUT2D eigenvalue weighted by Crippen LogP contribution is 2.61. The summed E-state index contributed by atoms with van der Waals surface area (Å²) in [5.74, 6) is 1.75. The first-order chi connectivity index (χ1) is 17.9. The Bertz CT molecular complexity index is 1180. The second-order valence-electron chi connectivity index (χ2n) is 9.85. The SMILES string of the molecule is C=CC(=O)OC(CC)COc1c2c(c(OCC(CC)OC(=O)C=C)c3c(CC)cccc13)C1CCC2C1. The van der Waals surface area contributed by atoms with Crippen molar-refractivity contribution in [3.05, 3.63) is 60.2 Å². The van der Waals surface area contributed by atoms with E-state index in [2.05, 4.69) is 38.3 Å². The highest BCUT2D eigenvalue weighted by Gasteiger charge is 2.43. The Hall–Kier alpha value is -3.28. The highest BCUT2D eigenvalue weighted by atomic mass is 16.6. The molecule has 0 aliphatic heterocycles. The van der Waals surface area contributed by atoms with Crippen molar-refractivity contribution in [2.24, 2.45) is 0 Å². The summed E-state index contributed by atoms with van der Waals surface area (Å²) in [6, 6.07) is 6.29. The van der Waals surface area contributed by atoms with Crippen LogP contribution in [0.25, 0.3) is 10.8 Å². The van der Waals surface area contributed by atoms with Gasteiger partial charge in [0.05, 0.1) is 0 Å². The summed E-state index contributed by atoms with van der Waals surface area (Å²) in [6.45, 7) is 13.7. The van der Waals surface area contributed by atoms with Crippen LogP contribution >= 0.6 is 0 Å². The third kappa shape index (κ3) is 5.39. The Morgan fingerprint density at radius 3 is 1.95 bits per heavy atom. The Morgan fingerprint density at radius 2 is 1.43 bits per heavy atom. The molecule has 0 amide bonds. The number of esters is 2. The molecule has 2 aromatic carbocycles. The second kappa shape index (κ2) is 11.8. The molecular weight excluding hydrogens is 468 g/mol. The van der Waals surface area contributed by atoms with Gasteiger partial charge < -0.3 is 18.9 Å². The minimum Gasteiger partial charge on any atom is -0.489 e. The Morgan fingerprint density at radius 1 is 0.892 bits per heavy atom. The van der Waals surface area contributed by atoms with E-state index in [4.69, 9.17) is 18.9 Å². The molecule has 2 aromatic rings. The van der Waals surface area contributed by atoms with Crippen molar-refractivity contribution < 1.29 is 28.5 Å². The van der Waals surface area contributed by atoms with E-state index >= 15 is 0 Å². The molecule has 2 aliphatic carbocycles. The summed E-state index contributed by atoms with van der Waals surface area (Å²) in [5, 5.41) is 2.08. The molecule has 0 radical (unpaired) electrons. The number of hydrogen-bond acceptors (Lipinski definition) is 6. The summed E-state index contributed by atoms with van der Waals surface area (Å²) >= 11 is 0. The van der Waals surface area contributed by atoms with E-state index in [1.54, 1.807) is 0 Å². The molecule has 0 aromatic heterocycles. The fourth-order valence-electron chi connectivity index (χ4n) is 5.75. The highest BCUT2D eigenvalue weighted by molar-refractivity contribution is 5.99. The van der Waals surface area contributed by atoms with Gasteiger partial charge in [0.15, 0.2) is 0 Å². The zero-order chi connectivity index (χ0) is 26.5. The van der Waals surface area contributed by atoms with Gasteiger partial charge in [0.1, 0.15) is 36.9 Å². The average molecular weight is 507 g/mol. The van der Waals surface area contributed by atoms with E-state index in [0.29, 0.717) is 24.7 Å². The fraction of sp³-hybridized carbons (Fsp3) is 0.484. The van der Waals surface area contributed by atoms with Gasteiger partial charge in [-0.05, 0) is 55.9 Å². The molecule has 4 rings (SSSR count). The van der Waals surface area contributed by atoms with Crippen LogP contribution in [-0.2, 0) is 25.5 Å². The number of fused-ring (bicyclic) bond motifs is 6. The third-order valence-electron chi connectivity index (χ3n) is 7.67. The second-order valence-corrected chi connectivity index (χ2v) is 9.85. The molecule has 2 aliphatic rings. The zero-order valence-corrected chi connectivity index (χ0v) is 22.2. The Kier molecular flexibility index (Phi) is 8.57. The number of aryl methyl sites for hydroxylation is 1. The Balaban J connectivity index is 1.77. The van der Waals surface area contributed by atoms with Crippen molar-refractivity contribution in [2.75, 3.05) is 13.2 Å². The minimum atomic E-state index is -0.441. The van der Waals surface area contributed by atoms with E-state index in [9.17, 15) is 9.59 Å². The lowest BCUT2D eigenvalue weighted by atomic mass is 9.85. The van der Waals surface area contributed by atoms with Crippen LogP contribution in [0, 0.1) is 0 Å². The zero-order valence-electron chi connectivity index (χ0n) is 22.2. The van der Waals surface area contributed by atoms with Crippen molar-refractivity contribution >= 4 is 22.7 Å². The molecule has 37 heavy (non-hydrogen) atoms. The van der Waals surface area contributed by atoms with Crippen molar-refractivity contribution in [2.45, 2.75) is 83.3 Å². The molecule has 6 nitrogen and oxygen atoms in total. The molecule has 4 atom stereocenters. The van der Waals surface area contributed by atoms with E-state index in [-0.39, 0.29) is 25.4 Å². The average Bonchev–Trinajstić information content (AvgIpc) is 3.55. The monoisotopic (exact) mass is 506 g/mol. The van der Waals surface area contributed by atoms with Crippen LogP contribution in [0.2, 0.25) is 0 Å². The van der Waals surface area contributed by atoms with Gasteiger partial charge in [-0.15, -0.1) is 0 Å². The van der Waals surface area contributed by atoms with E-state index < -0.39 is 11.9 Å². The number of hydrogen-bond donors (Lipinski definition) is 0. The molecule has 1 saturated carbocycles.